The summed E-state index contributed by atoms with van der Waals surface area (Å²) >= 11 is 0. The predicted octanol–water partition coefficient (Wildman–Crippen LogP) is -0.403. The lowest BCUT2D eigenvalue weighted by Crippen LogP contribution is -2.69. The van der Waals surface area contributed by atoms with E-state index < -0.39 is 29.1 Å². The molecule has 0 saturated carbocycles. The van der Waals surface area contributed by atoms with Crippen LogP contribution in [-0.2, 0) is 4.79 Å². The second-order valence-corrected chi connectivity index (χ2v) is 4.15. The molecule has 1 heterocycles. The minimum absolute atomic E-state index is 0.150. The van der Waals surface area contributed by atoms with Crippen LogP contribution in [0.2, 0.25) is 0 Å². The third kappa shape index (κ3) is 3.05. The number of nitro benzene ring substituents is 1. The number of nitrogens with one attached hydrogen (secondary N) is 3. The van der Waals surface area contributed by atoms with Crippen LogP contribution in [0.5, 0.6) is 0 Å². The summed E-state index contributed by atoms with van der Waals surface area (Å²) in [6.07, 6.45) is -1.38. The van der Waals surface area contributed by atoms with Crippen LogP contribution in [0.15, 0.2) is 24.3 Å². The number of amides is 1. The van der Waals surface area contributed by atoms with Crippen LogP contribution in [0.4, 0.5) is 10.5 Å². The largest absolute Gasteiger partial charge is 0.480 e. The van der Waals surface area contributed by atoms with E-state index in [1.165, 1.54) is 24.3 Å². The van der Waals surface area contributed by atoms with Gasteiger partial charge in [0.25, 0.3) is 5.69 Å². The molecular formula is C10H11N5O6. The first kappa shape index (κ1) is 14.6. The number of hydrogen-bond donors (Lipinski definition) is 5. The van der Waals surface area contributed by atoms with E-state index in [0.29, 0.717) is 10.7 Å². The fourth-order valence-corrected chi connectivity index (χ4v) is 1.84. The summed E-state index contributed by atoms with van der Waals surface area (Å²) in [4.78, 5) is 32.1. The average Bonchev–Trinajstić information content (AvgIpc) is 2.46. The molecule has 1 saturated heterocycles. The molecule has 0 spiro atoms. The van der Waals surface area contributed by atoms with Gasteiger partial charge in [-0.05, 0) is 5.56 Å². The van der Waals surface area contributed by atoms with Gasteiger partial charge in [0.1, 0.15) is 6.04 Å². The molecular weight excluding hydrogens is 286 g/mol. The molecule has 112 valence electrons. The Balaban J connectivity index is 2.28. The maximum Gasteiger partial charge on any atom is 0.438 e. The van der Waals surface area contributed by atoms with E-state index in [-0.39, 0.29) is 5.69 Å². The van der Waals surface area contributed by atoms with Crippen LogP contribution in [0, 0.1) is 10.1 Å². The van der Waals surface area contributed by atoms with Crippen LogP contribution in [-0.4, -0.2) is 38.4 Å². The molecule has 11 nitrogen and oxygen atoms in total. The summed E-state index contributed by atoms with van der Waals surface area (Å²) < 4.78 is 0. The first-order valence-electron chi connectivity index (χ1n) is 5.67. The van der Waals surface area contributed by atoms with Gasteiger partial charge in [0.05, 0.1) is 11.0 Å². The van der Waals surface area contributed by atoms with Crippen molar-refractivity contribution >= 4 is 17.7 Å². The second kappa shape index (κ2) is 5.70. The number of nitrogens with zero attached hydrogens (tertiary/aromatic N) is 2. The maximum absolute atomic E-state index is 11.2. The minimum Gasteiger partial charge on any atom is -0.480 e. The van der Waals surface area contributed by atoms with Crippen LogP contribution in [0.1, 0.15) is 11.6 Å². The van der Waals surface area contributed by atoms with Crippen molar-refractivity contribution in [1.82, 2.24) is 21.5 Å². The molecule has 1 aliphatic rings. The molecule has 2 atom stereocenters. The molecule has 11 heteroatoms. The minimum atomic E-state index is -1.38. The van der Waals surface area contributed by atoms with Gasteiger partial charge >= 0.3 is 12.1 Å². The lowest BCUT2D eigenvalue weighted by molar-refractivity contribution is -0.384. The van der Waals surface area contributed by atoms with Crippen molar-refractivity contribution in [3.63, 3.8) is 0 Å². The summed E-state index contributed by atoms with van der Waals surface area (Å²) in [5.74, 6) is -1.22. The average molecular weight is 297 g/mol. The highest BCUT2D eigenvalue weighted by Crippen LogP contribution is 2.22. The molecule has 1 aromatic carbocycles. The topological polar surface area (TPSA) is 157 Å². The third-order valence-electron chi connectivity index (χ3n) is 2.85. The normalized spacial score (nSPS) is 21.8. The molecule has 5 N–H and O–H groups in total. The Hall–Kier alpha value is -2.76. The molecule has 0 bridgehead atoms. The van der Waals surface area contributed by atoms with Gasteiger partial charge in [-0.1, -0.05) is 12.1 Å². The Morgan fingerprint density at radius 3 is 2.33 bits per heavy atom. The molecule has 1 amide bonds. The first-order valence-corrected chi connectivity index (χ1v) is 5.67. The number of carboxylic acids is 1. The number of aliphatic carboxylic acids is 1. The lowest BCUT2D eigenvalue weighted by atomic mass is 10.00. The molecule has 1 aromatic rings. The van der Waals surface area contributed by atoms with Gasteiger partial charge < -0.3 is 10.2 Å². The van der Waals surface area contributed by atoms with Gasteiger partial charge in [0, 0.05) is 12.1 Å². The summed E-state index contributed by atoms with van der Waals surface area (Å²) in [5, 5.41) is 29.1. The summed E-state index contributed by atoms with van der Waals surface area (Å²) in [5.41, 5.74) is 7.19. The SMILES string of the molecule is O=C(O)C1NNN(C(=O)O)NC1c1ccc([N+](=O)[O-])cc1. The van der Waals surface area contributed by atoms with E-state index in [2.05, 4.69) is 16.4 Å². The number of carbonyl (C=O) groups is 2. The third-order valence-corrected chi connectivity index (χ3v) is 2.85. The van der Waals surface area contributed by atoms with Crippen molar-refractivity contribution in [1.29, 1.82) is 0 Å². The number of nitro groups is 1. The van der Waals surface area contributed by atoms with Crippen molar-refractivity contribution in [3.8, 4) is 0 Å². The Morgan fingerprint density at radius 2 is 1.86 bits per heavy atom. The van der Waals surface area contributed by atoms with Crippen LogP contribution in [0.25, 0.3) is 0 Å². The molecule has 0 radical (unpaired) electrons. The van der Waals surface area contributed by atoms with Gasteiger partial charge in [-0.2, -0.15) is 5.12 Å². The van der Waals surface area contributed by atoms with Gasteiger partial charge in [-0.15, -0.1) is 5.53 Å². The Bertz CT molecular complexity index is 576. The molecule has 0 aliphatic carbocycles. The standard InChI is InChI=1S/C10H11N5O6/c16-9(17)8-7(12-14(10(18)19)13-11-8)5-1-3-6(4-2-5)15(20)21/h1-4,7-8,11-13H,(H,16,17)(H,18,19). The summed E-state index contributed by atoms with van der Waals surface area (Å²) in [6, 6.07) is 3.05. The smallest absolute Gasteiger partial charge is 0.438 e. The van der Waals surface area contributed by atoms with Gasteiger partial charge in [-0.3, -0.25) is 14.9 Å². The fourth-order valence-electron chi connectivity index (χ4n) is 1.84. The highest BCUT2D eigenvalue weighted by atomic mass is 16.6. The van der Waals surface area contributed by atoms with E-state index in [9.17, 15) is 19.7 Å². The Morgan fingerprint density at radius 1 is 1.24 bits per heavy atom. The van der Waals surface area contributed by atoms with E-state index >= 15 is 0 Å². The van der Waals surface area contributed by atoms with Crippen LogP contribution in [0.3, 0.4) is 0 Å². The zero-order chi connectivity index (χ0) is 15.6. The molecule has 2 rings (SSSR count). The van der Waals surface area contributed by atoms with Crippen LogP contribution < -0.4 is 16.4 Å². The van der Waals surface area contributed by atoms with Crippen molar-refractivity contribution in [2.75, 3.05) is 0 Å². The monoisotopic (exact) mass is 297 g/mol. The van der Waals surface area contributed by atoms with Crippen molar-refractivity contribution in [2.45, 2.75) is 12.1 Å². The fraction of sp³-hybridized carbons (Fsp3) is 0.200. The summed E-state index contributed by atoms with van der Waals surface area (Å²) in [6.45, 7) is 0. The van der Waals surface area contributed by atoms with Gasteiger partial charge in [0.2, 0.25) is 0 Å². The number of hydrazine groups is 3. The Kier molecular flexibility index (Phi) is 3.98. The highest BCUT2D eigenvalue weighted by molar-refractivity contribution is 5.75. The number of non-ortho nitro benzene ring substituents is 1. The summed E-state index contributed by atoms with van der Waals surface area (Å²) in [7, 11) is 0. The van der Waals surface area contributed by atoms with E-state index in [0.717, 1.165) is 0 Å². The van der Waals surface area contributed by atoms with Crippen molar-refractivity contribution in [2.24, 2.45) is 0 Å². The molecule has 1 fully saturated rings. The Labute approximate surface area is 117 Å². The van der Waals surface area contributed by atoms with E-state index in [4.69, 9.17) is 10.2 Å². The maximum atomic E-state index is 11.2. The second-order valence-electron chi connectivity index (χ2n) is 4.15. The first-order chi connectivity index (χ1) is 9.90. The van der Waals surface area contributed by atoms with Gasteiger partial charge in [-0.25, -0.2) is 15.6 Å². The molecule has 21 heavy (non-hydrogen) atoms. The van der Waals surface area contributed by atoms with E-state index in [1.807, 2.05) is 0 Å². The predicted molar refractivity (Wildman–Crippen MR) is 66.5 cm³/mol. The van der Waals surface area contributed by atoms with E-state index in [1.54, 1.807) is 0 Å². The lowest BCUT2D eigenvalue weighted by Gasteiger charge is -2.37. The highest BCUT2D eigenvalue weighted by Gasteiger charge is 2.36. The quantitative estimate of drug-likeness (QED) is 0.369. The number of hydrogen-bond acceptors (Lipinski definition) is 7. The van der Waals surface area contributed by atoms with Crippen LogP contribution >= 0.6 is 0 Å². The van der Waals surface area contributed by atoms with Crippen molar-refractivity contribution in [3.05, 3.63) is 39.9 Å². The number of rotatable bonds is 3. The zero-order valence-electron chi connectivity index (χ0n) is 10.4. The molecule has 2 unspecified atom stereocenters. The zero-order valence-corrected chi connectivity index (χ0v) is 10.4. The number of carboxylic acid groups (broad SMARTS) is 2. The number of benzene rings is 1. The molecule has 1 aliphatic heterocycles. The van der Waals surface area contributed by atoms with Gasteiger partial charge in [0.15, 0.2) is 0 Å². The van der Waals surface area contributed by atoms with Crippen molar-refractivity contribution < 1.29 is 24.7 Å². The molecule has 0 aromatic heterocycles.